The van der Waals surface area contributed by atoms with Gasteiger partial charge in [0, 0.05) is 12.0 Å². The van der Waals surface area contributed by atoms with Gasteiger partial charge in [0.2, 0.25) is 6.10 Å². The second-order valence-corrected chi connectivity index (χ2v) is 6.79. The fourth-order valence-corrected chi connectivity index (χ4v) is 3.54. The molecule has 0 saturated carbocycles. The van der Waals surface area contributed by atoms with Gasteiger partial charge in [-0.15, -0.1) is 0 Å². The zero-order valence-electron chi connectivity index (χ0n) is 12.2. The highest BCUT2D eigenvalue weighted by molar-refractivity contribution is 7.90. The molecule has 1 aromatic rings. The van der Waals surface area contributed by atoms with Gasteiger partial charge in [0.15, 0.2) is 0 Å². The van der Waals surface area contributed by atoms with Gasteiger partial charge < -0.3 is 9.47 Å². The third-order valence-corrected chi connectivity index (χ3v) is 4.87. The fourth-order valence-electron chi connectivity index (χ4n) is 2.30. The van der Waals surface area contributed by atoms with Crippen molar-refractivity contribution in [1.29, 1.82) is 0 Å². The van der Waals surface area contributed by atoms with Crippen molar-refractivity contribution >= 4 is 27.8 Å². The predicted molar refractivity (Wildman–Crippen MR) is 78.2 cm³/mol. The molecule has 1 aromatic carbocycles. The van der Waals surface area contributed by atoms with Gasteiger partial charge in [-0.05, 0) is 19.1 Å². The molecule has 1 N–H and O–H groups in total. The third kappa shape index (κ3) is 2.91. The van der Waals surface area contributed by atoms with Crippen LogP contribution in [0, 0.1) is 0 Å². The van der Waals surface area contributed by atoms with Crippen molar-refractivity contribution in [3.63, 3.8) is 0 Å². The number of nitrogens with zero attached hydrogens (tertiary/aromatic N) is 1. The van der Waals surface area contributed by atoms with Gasteiger partial charge in [-0.1, -0.05) is 12.1 Å². The Kier molecular flexibility index (Phi) is 3.80. The Bertz CT molecular complexity index is 801. The van der Waals surface area contributed by atoms with Crippen LogP contribution in [-0.4, -0.2) is 44.9 Å². The number of rotatable bonds is 3. The van der Waals surface area contributed by atoms with Crippen molar-refractivity contribution in [3.05, 3.63) is 29.8 Å². The van der Waals surface area contributed by atoms with Crippen LogP contribution in [0.5, 0.6) is 0 Å². The van der Waals surface area contributed by atoms with E-state index in [2.05, 4.69) is 9.71 Å². The van der Waals surface area contributed by atoms with Crippen LogP contribution < -0.4 is 4.72 Å². The maximum absolute atomic E-state index is 12.0. The van der Waals surface area contributed by atoms with E-state index in [4.69, 9.17) is 9.47 Å². The normalized spacial score (nSPS) is 24.7. The van der Waals surface area contributed by atoms with Crippen LogP contribution in [0.15, 0.2) is 34.2 Å². The third-order valence-electron chi connectivity index (χ3n) is 3.47. The number of esters is 2. The first-order valence-electron chi connectivity index (χ1n) is 6.95. The number of amidine groups is 1. The molecular formula is C14H14N2O6S. The molecule has 23 heavy (non-hydrogen) atoms. The lowest BCUT2D eigenvalue weighted by molar-refractivity contribution is -0.160. The maximum Gasteiger partial charge on any atom is 0.347 e. The minimum Gasteiger partial charge on any atom is -0.463 e. The lowest BCUT2D eigenvalue weighted by atomic mass is 10.2. The molecule has 9 heteroatoms. The summed E-state index contributed by atoms with van der Waals surface area (Å²) >= 11 is 0. The van der Waals surface area contributed by atoms with Crippen molar-refractivity contribution in [1.82, 2.24) is 4.72 Å². The van der Waals surface area contributed by atoms with E-state index in [0.29, 0.717) is 12.0 Å². The molecule has 2 aliphatic rings. The number of aliphatic imine (C=N–C) groups is 1. The van der Waals surface area contributed by atoms with Crippen molar-refractivity contribution in [2.75, 3.05) is 6.61 Å². The summed E-state index contributed by atoms with van der Waals surface area (Å²) in [7, 11) is -3.66. The van der Waals surface area contributed by atoms with Crippen LogP contribution in [0.2, 0.25) is 0 Å². The Balaban J connectivity index is 1.79. The van der Waals surface area contributed by atoms with Crippen molar-refractivity contribution in [2.24, 2.45) is 4.99 Å². The Hall–Kier alpha value is -2.42. The number of benzene rings is 1. The maximum atomic E-state index is 12.0. The smallest absolute Gasteiger partial charge is 0.347 e. The number of fused-ring (bicyclic) bond motifs is 1. The minimum absolute atomic E-state index is 0.0825. The molecule has 2 heterocycles. The topological polar surface area (TPSA) is 111 Å². The highest BCUT2D eigenvalue weighted by Crippen LogP contribution is 2.22. The van der Waals surface area contributed by atoms with Crippen LogP contribution >= 0.6 is 0 Å². The van der Waals surface area contributed by atoms with Gasteiger partial charge in [0.05, 0.1) is 11.5 Å². The minimum atomic E-state index is -3.66. The lowest BCUT2D eigenvalue weighted by Crippen LogP contribution is -2.30. The second kappa shape index (κ2) is 5.65. The summed E-state index contributed by atoms with van der Waals surface area (Å²) in [5.41, 5.74) is 0.396. The molecule has 0 spiro atoms. The SMILES string of the molecule is C[C@@H](N=C1NS(=O)(=O)c2ccccc21)C(=O)O[C@H]1CCOC1=O. The summed E-state index contributed by atoms with van der Waals surface area (Å²) in [6, 6.07) is 5.36. The summed E-state index contributed by atoms with van der Waals surface area (Å²) in [6.45, 7) is 1.68. The van der Waals surface area contributed by atoms with Gasteiger partial charge in [0.1, 0.15) is 11.9 Å². The molecule has 0 bridgehead atoms. The number of hydrogen-bond acceptors (Lipinski definition) is 7. The van der Waals surface area contributed by atoms with E-state index < -0.39 is 34.1 Å². The summed E-state index contributed by atoms with van der Waals surface area (Å²) in [4.78, 5) is 27.5. The molecule has 0 aliphatic carbocycles. The molecule has 3 rings (SSSR count). The van der Waals surface area contributed by atoms with E-state index in [0.717, 1.165) is 0 Å². The molecular weight excluding hydrogens is 324 g/mol. The van der Waals surface area contributed by atoms with Crippen LogP contribution in [-0.2, 0) is 29.1 Å². The number of ether oxygens (including phenoxy) is 2. The Morgan fingerprint density at radius 1 is 1.43 bits per heavy atom. The van der Waals surface area contributed by atoms with Gasteiger partial charge in [0.25, 0.3) is 10.0 Å². The van der Waals surface area contributed by atoms with E-state index in [1.165, 1.54) is 13.0 Å². The number of cyclic esters (lactones) is 1. The molecule has 1 saturated heterocycles. The summed E-state index contributed by atoms with van der Waals surface area (Å²) in [6.07, 6.45) is -0.610. The lowest BCUT2D eigenvalue weighted by Gasteiger charge is -2.11. The molecule has 2 aliphatic heterocycles. The summed E-state index contributed by atoms with van der Waals surface area (Å²) in [5.74, 6) is -1.21. The highest BCUT2D eigenvalue weighted by Gasteiger charge is 2.34. The van der Waals surface area contributed by atoms with Gasteiger partial charge >= 0.3 is 11.9 Å². The molecule has 0 unspecified atom stereocenters. The molecule has 122 valence electrons. The van der Waals surface area contributed by atoms with Crippen LogP contribution in [0.1, 0.15) is 18.9 Å². The Labute approximate surface area is 132 Å². The molecule has 0 radical (unpaired) electrons. The van der Waals surface area contributed by atoms with E-state index >= 15 is 0 Å². The molecule has 0 amide bonds. The van der Waals surface area contributed by atoms with E-state index in [-0.39, 0.29) is 17.3 Å². The monoisotopic (exact) mass is 338 g/mol. The predicted octanol–water partition coefficient (Wildman–Crippen LogP) is -0.0277. The number of hydrogen-bond donors (Lipinski definition) is 1. The number of carbonyl (C=O) groups is 2. The molecule has 2 atom stereocenters. The van der Waals surface area contributed by atoms with E-state index in [9.17, 15) is 18.0 Å². The van der Waals surface area contributed by atoms with E-state index in [1.807, 2.05) is 0 Å². The Morgan fingerprint density at radius 2 is 2.17 bits per heavy atom. The van der Waals surface area contributed by atoms with Crippen molar-refractivity contribution < 1.29 is 27.5 Å². The average Bonchev–Trinajstić information content (AvgIpc) is 3.01. The van der Waals surface area contributed by atoms with Crippen LogP contribution in [0.25, 0.3) is 0 Å². The first kappa shape index (κ1) is 15.5. The highest BCUT2D eigenvalue weighted by atomic mass is 32.2. The largest absolute Gasteiger partial charge is 0.463 e. The number of nitrogens with one attached hydrogen (secondary N) is 1. The quantitative estimate of drug-likeness (QED) is 0.775. The summed E-state index contributed by atoms with van der Waals surface area (Å²) < 4.78 is 36.0. The van der Waals surface area contributed by atoms with Gasteiger partial charge in [-0.2, -0.15) is 0 Å². The Morgan fingerprint density at radius 3 is 2.87 bits per heavy atom. The number of carbonyl (C=O) groups excluding carboxylic acids is 2. The van der Waals surface area contributed by atoms with Gasteiger partial charge in [-0.25, -0.2) is 18.0 Å². The first-order chi connectivity index (χ1) is 10.9. The van der Waals surface area contributed by atoms with Crippen molar-refractivity contribution in [2.45, 2.75) is 30.4 Å². The fraction of sp³-hybridized carbons (Fsp3) is 0.357. The summed E-state index contributed by atoms with van der Waals surface area (Å²) in [5, 5.41) is 0. The van der Waals surface area contributed by atoms with Crippen LogP contribution in [0.3, 0.4) is 0 Å². The second-order valence-electron chi connectivity index (χ2n) is 5.14. The van der Waals surface area contributed by atoms with Crippen LogP contribution in [0.4, 0.5) is 0 Å². The number of sulfonamides is 1. The first-order valence-corrected chi connectivity index (χ1v) is 8.44. The zero-order valence-corrected chi connectivity index (χ0v) is 13.0. The molecule has 0 aromatic heterocycles. The van der Waals surface area contributed by atoms with E-state index in [1.54, 1.807) is 18.2 Å². The average molecular weight is 338 g/mol. The zero-order chi connectivity index (χ0) is 16.6. The van der Waals surface area contributed by atoms with Crippen molar-refractivity contribution in [3.8, 4) is 0 Å². The standard InChI is InChI=1S/C14H14N2O6S/c1-8(13(17)22-10-6-7-21-14(10)18)15-12-9-4-2-3-5-11(9)23(19,20)16-12/h2-5,8,10H,6-7H2,1H3,(H,15,16)/t8-,10+/m1/s1. The molecule has 1 fully saturated rings. The molecule has 8 nitrogen and oxygen atoms in total. The van der Waals surface area contributed by atoms with Gasteiger partial charge in [-0.3, -0.25) is 9.71 Å².